The van der Waals surface area contributed by atoms with Gasteiger partial charge in [0.25, 0.3) is 0 Å². The van der Waals surface area contributed by atoms with E-state index in [0.717, 1.165) is 11.8 Å². The van der Waals surface area contributed by atoms with Crippen LogP contribution in [0.5, 0.6) is 0 Å². The molecule has 5 nitrogen and oxygen atoms in total. The van der Waals surface area contributed by atoms with E-state index in [-0.39, 0.29) is 24.1 Å². The normalized spacial score (nSPS) is 13.0. The van der Waals surface area contributed by atoms with Gasteiger partial charge in [-0.05, 0) is 41.5 Å². The number of carbonyl (C=O) groups excluding carboxylic acids is 1. The van der Waals surface area contributed by atoms with Crippen LogP contribution in [-0.2, 0) is 31.6 Å². The van der Waals surface area contributed by atoms with Gasteiger partial charge in [0.1, 0.15) is 23.5 Å². The third-order valence-electron chi connectivity index (χ3n) is 6.33. The number of carbonyl (C=O) groups is 1. The molecule has 0 N–H and O–H groups in total. The molecule has 204 valence electrons. The molecule has 12 heteroatoms. The zero-order chi connectivity index (χ0) is 28.7. The third-order valence-corrected chi connectivity index (χ3v) is 6.33. The smallest absolute Gasteiger partial charge is 0.294 e. The summed E-state index contributed by atoms with van der Waals surface area (Å²) >= 11 is 0. The van der Waals surface area contributed by atoms with Crippen molar-refractivity contribution in [3.05, 3.63) is 106 Å². The van der Waals surface area contributed by atoms with Gasteiger partial charge in [-0.25, -0.2) is 14.4 Å². The van der Waals surface area contributed by atoms with E-state index in [1.165, 1.54) is 18.5 Å². The molecule has 1 aliphatic heterocycles. The topological polar surface area (TPSA) is 68.1 Å². The minimum Gasteiger partial charge on any atom is -0.294 e. The molecule has 2 aromatic carbocycles. The van der Waals surface area contributed by atoms with Gasteiger partial charge in [0.05, 0.1) is 22.5 Å². The molecular weight excluding hydrogens is 541 g/mol. The maximum atomic E-state index is 14.6. The summed E-state index contributed by atoms with van der Waals surface area (Å²) in [6.45, 7) is 0. The lowest BCUT2D eigenvalue weighted by molar-refractivity contribution is -0.162. The van der Waals surface area contributed by atoms with Crippen LogP contribution in [0.4, 0.5) is 36.4 Å². The standard InChI is InChI=1S/C28H17F7N4O/c29-21-6-3-15(11-23-18(2-1-8-36-23)25-26-22(7-9-37-26)38-14-39-25)10-17(21)13-24(40)16-4-5-19(27(30,31)32)20(12-16)28(33,34)35/h1-6,8-10,12,14H,7,11,13H2. The minimum absolute atomic E-state index is 0.124. The number of pyridine rings is 1. The van der Waals surface area contributed by atoms with Crippen molar-refractivity contribution < 1.29 is 35.5 Å². The molecule has 0 aliphatic carbocycles. The van der Waals surface area contributed by atoms with E-state index in [0.29, 0.717) is 40.7 Å². The first kappa shape index (κ1) is 27.1. The largest absolute Gasteiger partial charge is 0.417 e. The molecule has 0 radical (unpaired) electrons. The molecular formula is C28H17F7N4O. The second-order valence-electron chi connectivity index (χ2n) is 8.99. The predicted octanol–water partition coefficient (Wildman–Crippen LogP) is 6.99. The number of rotatable bonds is 6. The maximum Gasteiger partial charge on any atom is 0.417 e. The van der Waals surface area contributed by atoms with E-state index in [2.05, 4.69) is 19.9 Å². The summed E-state index contributed by atoms with van der Waals surface area (Å²) in [4.78, 5) is 30.1. The summed E-state index contributed by atoms with van der Waals surface area (Å²) in [6.07, 6.45) is -5.80. The van der Waals surface area contributed by atoms with Gasteiger partial charge in [-0.15, -0.1) is 0 Å². The van der Waals surface area contributed by atoms with Crippen molar-refractivity contribution in [2.45, 2.75) is 31.6 Å². The molecule has 0 atom stereocenters. The Labute approximate surface area is 222 Å². The van der Waals surface area contributed by atoms with Crippen LogP contribution in [0.1, 0.15) is 44.0 Å². The second-order valence-corrected chi connectivity index (χ2v) is 8.99. The van der Waals surface area contributed by atoms with Gasteiger partial charge in [-0.2, -0.15) is 26.3 Å². The predicted molar refractivity (Wildman–Crippen MR) is 131 cm³/mol. The van der Waals surface area contributed by atoms with Gasteiger partial charge in [0.2, 0.25) is 0 Å². The van der Waals surface area contributed by atoms with Gasteiger partial charge >= 0.3 is 12.4 Å². The van der Waals surface area contributed by atoms with Crippen molar-refractivity contribution in [1.82, 2.24) is 15.0 Å². The Morgan fingerprint density at radius 2 is 1.65 bits per heavy atom. The van der Waals surface area contributed by atoms with Gasteiger partial charge in [-0.3, -0.25) is 14.8 Å². The number of hydrogen-bond acceptors (Lipinski definition) is 5. The molecule has 0 amide bonds. The average Bonchev–Trinajstić information content (AvgIpc) is 3.39. The maximum absolute atomic E-state index is 14.6. The van der Waals surface area contributed by atoms with Crippen molar-refractivity contribution >= 4 is 17.7 Å². The number of halogens is 7. The Hall–Kier alpha value is -4.48. The van der Waals surface area contributed by atoms with Crippen molar-refractivity contribution in [2.75, 3.05) is 0 Å². The molecule has 0 saturated carbocycles. The van der Waals surface area contributed by atoms with Crippen LogP contribution in [0.15, 0.2) is 66.0 Å². The highest BCUT2D eigenvalue weighted by molar-refractivity contribution is 5.98. The van der Waals surface area contributed by atoms with Crippen molar-refractivity contribution in [3.8, 4) is 11.3 Å². The average molecular weight is 558 g/mol. The van der Waals surface area contributed by atoms with E-state index >= 15 is 0 Å². The van der Waals surface area contributed by atoms with Crippen LogP contribution < -0.4 is 0 Å². The highest BCUT2D eigenvalue weighted by atomic mass is 19.4. The first-order valence-electron chi connectivity index (χ1n) is 11.8. The summed E-state index contributed by atoms with van der Waals surface area (Å²) in [5.41, 5.74) is -0.880. The SMILES string of the molecule is O=C(Cc1cc(Cc2ncccc2-c2ncnc3c2N=CC3)ccc1F)c1ccc(C(F)(F)F)c(C(F)(F)F)c1. The Bertz CT molecular complexity index is 1640. The Balaban J connectivity index is 1.43. The van der Waals surface area contributed by atoms with Crippen LogP contribution >= 0.6 is 0 Å². The summed E-state index contributed by atoms with van der Waals surface area (Å²) in [5, 5.41) is 0. The third kappa shape index (κ3) is 5.47. The number of Topliss-reactive ketones (excluding diaryl/α,β-unsaturated/α-hetero) is 1. The van der Waals surface area contributed by atoms with E-state index < -0.39 is 47.1 Å². The van der Waals surface area contributed by atoms with E-state index in [9.17, 15) is 35.5 Å². The van der Waals surface area contributed by atoms with Crippen LogP contribution in [0.2, 0.25) is 0 Å². The molecule has 3 heterocycles. The monoisotopic (exact) mass is 558 g/mol. The lowest BCUT2D eigenvalue weighted by Gasteiger charge is -2.16. The number of fused-ring (bicyclic) bond motifs is 1. The first-order chi connectivity index (χ1) is 18.9. The highest BCUT2D eigenvalue weighted by Gasteiger charge is 2.43. The molecule has 2 aromatic heterocycles. The fraction of sp³-hybridized carbons (Fsp3) is 0.179. The molecule has 4 aromatic rings. The first-order valence-corrected chi connectivity index (χ1v) is 11.8. The fourth-order valence-electron chi connectivity index (χ4n) is 4.46. The zero-order valence-corrected chi connectivity index (χ0v) is 20.3. The van der Waals surface area contributed by atoms with Crippen molar-refractivity contribution in [2.24, 2.45) is 4.99 Å². The number of nitrogens with zero attached hydrogens (tertiary/aromatic N) is 4. The number of hydrogen-bond donors (Lipinski definition) is 0. The van der Waals surface area contributed by atoms with E-state index in [1.807, 2.05) is 0 Å². The zero-order valence-electron chi connectivity index (χ0n) is 20.3. The lowest BCUT2D eigenvalue weighted by atomic mass is 9.95. The molecule has 40 heavy (non-hydrogen) atoms. The molecule has 0 spiro atoms. The molecule has 0 saturated heterocycles. The molecule has 0 unspecified atom stereocenters. The van der Waals surface area contributed by atoms with Crippen LogP contribution in [0.25, 0.3) is 11.3 Å². The number of aromatic nitrogens is 3. The van der Waals surface area contributed by atoms with Crippen molar-refractivity contribution in [1.29, 1.82) is 0 Å². The van der Waals surface area contributed by atoms with Gasteiger partial charge < -0.3 is 0 Å². The van der Waals surface area contributed by atoms with Gasteiger partial charge in [-0.1, -0.05) is 18.2 Å². The number of alkyl halides is 6. The summed E-state index contributed by atoms with van der Waals surface area (Å²) in [5.74, 6) is -1.76. The van der Waals surface area contributed by atoms with Crippen LogP contribution in [-0.4, -0.2) is 26.9 Å². The van der Waals surface area contributed by atoms with Gasteiger partial charge in [0.15, 0.2) is 5.78 Å². The molecule has 0 fully saturated rings. The number of aliphatic imine (C=N–C) groups is 1. The van der Waals surface area contributed by atoms with Crippen LogP contribution in [0, 0.1) is 5.82 Å². The Morgan fingerprint density at radius 1 is 0.875 bits per heavy atom. The minimum atomic E-state index is -5.35. The summed E-state index contributed by atoms with van der Waals surface area (Å²) in [6, 6.07) is 8.50. The van der Waals surface area contributed by atoms with E-state index in [1.54, 1.807) is 24.5 Å². The molecule has 1 aliphatic rings. The van der Waals surface area contributed by atoms with Crippen molar-refractivity contribution in [3.63, 3.8) is 0 Å². The fourth-order valence-corrected chi connectivity index (χ4v) is 4.46. The Morgan fingerprint density at radius 3 is 2.40 bits per heavy atom. The second kappa shape index (κ2) is 10.2. The highest BCUT2D eigenvalue weighted by Crippen LogP contribution is 2.41. The number of ketones is 1. The molecule has 5 rings (SSSR count). The number of benzene rings is 2. The summed E-state index contributed by atoms with van der Waals surface area (Å²) < 4.78 is 93.8. The van der Waals surface area contributed by atoms with Gasteiger partial charge in [0, 0.05) is 42.8 Å². The quantitative estimate of drug-likeness (QED) is 0.189. The van der Waals surface area contributed by atoms with Crippen LogP contribution in [0.3, 0.4) is 0 Å². The van der Waals surface area contributed by atoms with E-state index in [4.69, 9.17) is 0 Å². The summed E-state index contributed by atoms with van der Waals surface area (Å²) in [7, 11) is 0. The lowest BCUT2D eigenvalue weighted by Crippen LogP contribution is -2.18. The Kier molecular flexibility index (Phi) is 6.94. The molecule has 0 bridgehead atoms.